The monoisotopic (exact) mass is 350 g/mol. The number of hydrogen-bond donors (Lipinski definition) is 1. The highest BCUT2D eigenvalue weighted by Gasteiger charge is 2.17. The molecule has 1 atom stereocenters. The zero-order valence-electron chi connectivity index (χ0n) is 13.8. The van der Waals surface area contributed by atoms with Crippen LogP contribution in [0.15, 0.2) is 42.5 Å². The Labute approximate surface area is 146 Å². The molecule has 2 aromatic carbocycles. The summed E-state index contributed by atoms with van der Waals surface area (Å²) in [7, 11) is 5.45. The lowest BCUT2D eigenvalue weighted by Gasteiger charge is -2.25. The fourth-order valence-corrected chi connectivity index (χ4v) is 2.54. The molecule has 0 unspecified atom stereocenters. The van der Waals surface area contributed by atoms with E-state index in [0.29, 0.717) is 6.54 Å². The second-order valence-corrected chi connectivity index (χ2v) is 6.02. The normalized spacial score (nSPS) is 12.1. The number of nitrogens with zero attached hydrogens (tertiary/aromatic N) is 1. The quantitative estimate of drug-likeness (QED) is 0.866. The van der Waals surface area contributed by atoms with Gasteiger partial charge >= 0.3 is 0 Å². The number of ether oxygens (including phenoxy) is 1. The van der Waals surface area contributed by atoms with Crippen molar-refractivity contribution in [2.75, 3.05) is 27.7 Å². The van der Waals surface area contributed by atoms with Gasteiger partial charge in [0.25, 0.3) is 5.91 Å². The Morgan fingerprint density at radius 2 is 1.92 bits per heavy atom. The van der Waals surface area contributed by atoms with Gasteiger partial charge in [0.15, 0.2) is 0 Å². The van der Waals surface area contributed by atoms with Crippen LogP contribution in [-0.4, -0.2) is 38.6 Å². The van der Waals surface area contributed by atoms with Crippen LogP contribution in [0, 0.1) is 5.82 Å². The molecule has 0 radical (unpaired) electrons. The SMILES string of the molecule is COc1ccc([C@H](CNC(=O)c2ccc(Cl)cc2F)N(C)C)cc1. The number of nitrogens with one attached hydrogen (secondary N) is 1. The molecular formula is C18H20ClFN2O2. The summed E-state index contributed by atoms with van der Waals surface area (Å²) in [6, 6.07) is 11.6. The zero-order valence-corrected chi connectivity index (χ0v) is 14.6. The Morgan fingerprint density at radius 1 is 1.25 bits per heavy atom. The Kier molecular flexibility index (Phi) is 6.17. The molecule has 128 valence electrons. The van der Waals surface area contributed by atoms with Gasteiger partial charge in [-0.25, -0.2) is 4.39 Å². The summed E-state index contributed by atoms with van der Waals surface area (Å²) in [5, 5.41) is 3.03. The van der Waals surface area contributed by atoms with E-state index < -0.39 is 11.7 Å². The highest BCUT2D eigenvalue weighted by molar-refractivity contribution is 6.30. The van der Waals surface area contributed by atoms with Gasteiger partial charge in [0, 0.05) is 11.6 Å². The van der Waals surface area contributed by atoms with Crippen LogP contribution < -0.4 is 10.1 Å². The van der Waals surface area contributed by atoms with Crippen molar-refractivity contribution >= 4 is 17.5 Å². The number of rotatable bonds is 6. The molecule has 6 heteroatoms. The van der Waals surface area contributed by atoms with Gasteiger partial charge in [-0.15, -0.1) is 0 Å². The van der Waals surface area contributed by atoms with Gasteiger partial charge in [-0.1, -0.05) is 23.7 Å². The van der Waals surface area contributed by atoms with Crippen LogP contribution in [0.3, 0.4) is 0 Å². The average Bonchev–Trinajstić information content (AvgIpc) is 2.55. The molecule has 0 aromatic heterocycles. The largest absolute Gasteiger partial charge is 0.497 e. The summed E-state index contributed by atoms with van der Waals surface area (Å²) < 4.78 is 19.0. The zero-order chi connectivity index (χ0) is 17.7. The minimum absolute atomic E-state index is 0.0216. The van der Waals surface area contributed by atoms with Gasteiger partial charge in [-0.05, 0) is 50.0 Å². The van der Waals surface area contributed by atoms with E-state index >= 15 is 0 Å². The second kappa shape index (κ2) is 8.13. The molecule has 0 aliphatic heterocycles. The fraction of sp³-hybridized carbons (Fsp3) is 0.278. The number of benzene rings is 2. The van der Waals surface area contributed by atoms with Crippen molar-refractivity contribution < 1.29 is 13.9 Å². The summed E-state index contributed by atoms with van der Waals surface area (Å²) in [5.41, 5.74) is 1.00. The van der Waals surface area contributed by atoms with Gasteiger partial charge in [-0.2, -0.15) is 0 Å². The van der Waals surface area contributed by atoms with Crippen molar-refractivity contribution in [1.29, 1.82) is 0 Å². The van der Waals surface area contributed by atoms with E-state index in [-0.39, 0.29) is 16.6 Å². The van der Waals surface area contributed by atoms with Crippen LogP contribution in [0.2, 0.25) is 5.02 Å². The summed E-state index contributed by atoms with van der Waals surface area (Å²) in [6.07, 6.45) is 0. The van der Waals surface area contributed by atoms with Crippen molar-refractivity contribution in [2.45, 2.75) is 6.04 Å². The molecule has 0 fully saturated rings. The Morgan fingerprint density at radius 3 is 2.46 bits per heavy atom. The number of carbonyl (C=O) groups excluding carboxylic acids is 1. The van der Waals surface area contributed by atoms with Crippen molar-refractivity contribution in [3.63, 3.8) is 0 Å². The van der Waals surface area contributed by atoms with Gasteiger partial charge < -0.3 is 15.0 Å². The van der Waals surface area contributed by atoms with E-state index in [0.717, 1.165) is 17.4 Å². The predicted molar refractivity (Wildman–Crippen MR) is 93.2 cm³/mol. The Balaban J connectivity index is 2.09. The summed E-state index contributed by atoms with van der Waals surface area (Å²) >= 11 is 5.71. The Bertz CT molecular complexity index is 705. The van der Waals surface area contributed by atoms with E-state index in [1.807, 2.05) is 43.3 Å². The number of halogens is 2. The summed E-state index contributed by atoms with van der Waals surface area (Å²) in [6.45, 7) is 0.347. The molecule has 0 bridgehead atoms. The smallest absolute Gasteiger partial charge is 0.254 e. The Hall–Kier alpha value is -2.11. The molecule has 4 nitrogen and oxygen atoms in total. The van der Waals surface area contributed by atoms with Gasteiger partial charge in [0.05, 0.1) is 18.7 Å². The maximum Gasteiger partial charge on any atom is 0.254 e. The van der Waals surface area contributed by atoms with Gasteiger partial charge in [0.2, 0.25) is 0 Å². The van der Waals surface area contributed by atoms with Gasteiger partial charge in [0.1, 0.15) is 11.6 Å². The lowest BCUT2D eigenvalue weighted by Crippen LogP contribution is -2.34. The lowest BCUT2D eigenvalue weighted by molar-refractivity contribution is 0.0938. The first-order valence-corrected chi connectivity index (χ1v) is 7.83. The van der Waals surface area contributed by atoms with E-state index in [1.165, 1.54) is 12.1 Å². The third-order valence-electron chi connectivity index (χ3n) is 3.76. The van der Waals surface area contributed by atoms with Crippen molar-refractivity contribution in [1.82, 2.24) is 10.2 Å². The third-order valence-corrected chi connectivity index (χ3v) is 3.99. The number of hydrogen-bond acceptors (Lipinski definition) is 3. The first-order valence-electron chi connectivity index (χ1n) is 7.46. The number of amides is 1. The van der Waals surface area contributed by atoms with Crippen LogP contribution in [-0.2, 0) is 0 Å². The molecule has 2 rings (SSSR count). The molecule has 0 heterocycles. The highest BCUT2D eigenvalue weighted by Crippen LogP contribution is 2.21. The topological polar surface area (TPSA) is 41.6 Å². The van der Waals surface area contributed by atoms with E-state index in [4.69, 9.17) is 16.3 Å². The molecule has 0 saturated carbocycles. The summed E-state index contributed by atoms with van der Waals surface area (Å²) in [4.78, 5) is 14.2. The van der Waals surface area contributed by atoms with Crippen LogP contribution >= 0.6 is 11.6 Å². The molecule has 0 aliphatic rings. The number of carbonyl (C=O) groups is 1. The first kappa shape index (κ1) is 18.2. The fourth-order valence-electron chi connectivity index (χ4n) is 2.38. The lowest BCUT2D eigenvalue weighted by atomic mass is 10.1. The van der Waals surface area contributed by atoms with E-state index in [9.17, 15) is 9.18 Å². The van der Waals surface area contributed by atoms with Crippen LogP contribution in [0.4, 0.5) is 4.39 Å². The molecule has 1 amide bonds. The molecule has 2 aromatic rings. The second-order valence-electron chi connectivity index (χ2n) is 5.59. The molecule has 0 aliphatic carbocycles. The average molecular weight is 351 g/mol. The maximum absolute atomic E-state index is 13.8. The molecule has 0 spiro atoms. The third kappa shape index (κ3) is 4.46. The van der Waals surface area contributed by atoms with Crippen molar-refractivity contribution in [3.8, 4) is 5.75 Å². The molecule has 24 heavy (non-hydrogen) atoms. The number of methoxy groups -OCH3 is 1. The van der Waals surface area contributed by atoms with E-state index in [2.05, 4.69) is 5.32 Å². The summed E-state index contributed by atoms with van der Waals surface area (Å²) in [5.74, 6) is -0.334. The standard InChI is InChI=1S/C18H20ClFN2O2/c1-22(2)17(12-4-7-14(24-3)8-5-12)11-21-18(23)15-9-6-13(19)10-16(15)20/h4-10,17H,11H2,1-3H3,(H,21,23)/t17-/m0/s1. The van der Waals surface area contributed by atoms with Crippen LogP contribution in [0.1, 0.15) is 22.0 Å². The van der Waals surface area contributed by atoms with Gasteiger partial charge in [-0.3, -0.25) is 4.79 Å². The van der Waals surface area contributed by atoms with Crippen LogP contribution in [0.5, 0.6) is 5.75 Å². The maximum atomic E-state index is 13.8. The van der Waals surface area contributed by atoms with Crippen LogP contribution in [0.25, 0.3) is 0 Å². The molecular weight excluding hydrogens is 331 g/mol. The number of likely N-dealkylation sites (N-methyl/N-ethyl adjacent to an activating group) is 1. The van der Waals surface area contributed by atoms with E-state index in [1.54, 1.807) is 7.11 Å². The highest BCUT2D eigenvalue weighted by atomic mass is 35.5. The predicted octanol–water partition coefficient (Wildman–Crippen LogP) is 3.52. The van der Waals surface area contributed by atoms with Crippen molar-refractivity contribution in [2.24, 2.45) is 0 Å². The molecule has 0 saturated heterocycles. The molecule has 1 N–H and O–H groups in total. The minimum Gasteiger partial charge on any atom is -0.497 e. The minimum atomic E-state index is -0.633. The van der Waals surface area contributed by atoms with Crippen molar-refractivity contribution in [3.05, 3.63) is 64.4 Å². The first-order chi connectivity index (χ1) is 11.4.